The Bertz CT molecular complexity index is 671. The molecule has 1 aliphatic carbocycles. The van der Waals surface area contributed by atoms with Crippen LogP contribution in [-0.4, -0.2) is 37.1 Å². The first-order valence-electron chi connectivity index (χ1n) is 6.23. The lowest BCUT2D eigenvalue weighted by Gasteiger charge is -2.14. The molecule has 1 aromatic carbocycles. The molecule has 0 spiro atoms. The molecule has 8 heteroatoms. The minimum absolute atomic E-state index is 0.159. The van der Waals surface area contributed by atoms with Crippen LogP contribution in [0.2, 0.25) is 0 Å². The quantitative estimate of drug-likeness (QED) is 0.848. The summed E-state index contributed by atoms with van der Waals surface area (Å²) in [5.74, 6) is -0.282. The van der Waals surface area contributed by atoms with E-state index in [2.05, 4.69) is 5.32 Å². The molecule has 21 heavy (non-hydrogen) atoms. The van der Waals surface area contributed by atoms with E-state index < -0.39 is 19.8 Å². The summed E-state index contributed by atoms with van der Waals surface area (Å²) in [6.07, 6.45) is 0.391. The molecular formula is C13H16Cl2N2O3S. The van der Waals surface area contributed by atoms with Gasteiger partial charge in [0, 0.05) is 19.8 Å². The van der Waals surface area contributed by atoms with Crippen LogP contribution < -0.4 is 5.32 Å². The first-order chi connectivity index (χ1) is 9.50. The Morgan fingerprint density at radius 2 is 1.71 bits per heavy atom. The zero-order valence-electron chi connectivity index (χ0n) is 11.9. The van der Waals surface area contributed by atoms with Crippen LogP contribution in [0.3, 0.4) is 0 Å². The zero-order valence-corrected chi connectivity index (χ0v) is 14.2. The predicted octanol–water partition coefficient (Wildman–Crippen LogP) is 2.46. The van der Waals surface area contributed by atoms with Crippen molar-refractivity contribution in [3.05, 3.63) is 24.3 Å². The van der Waals surface area contributed by atoms with Crippen molar-refractivity contribution in [2.45, 2.75) is 22.6 Å². The van der Waals surface area contributed by atoms with E-state index in [-0.39, 0.29) is 10.8 Å². The summed E-state index contributed by atoms with van der Waals surface area (Å²) in [6.45, 7) is 1.69. The lowest BCUT2D eigenvalue weighted by atomic mass is 10.1. The Labute approximate surface area is 134 Å². The van der Waals surface area contributed by atoms with Crippen molar-refractivity contribution in [2.75, 3.05) is 19.4 Å². The maximum absolute atomic E-state index is 12.1. The Morgan fingerprint density at radius 3 is 2.10 bits per heavy atom. The zero-order chi connectivity index (χ0) is 16.1. The monoisotopic (exact) mass is 350 g/mol. The maximum atomic E-state index is 12.1. The maximum Gasteiger partial charge on any atom is 0.242 e. The van der Waals surface area contributed by atoms with Crippen LogP contribution >= 0.6 is 23.2 Å². The molecule has 1 aromatic rings. The lowest BCUT2D eigenvalue weighted by molar-refractivity contribution is -0.120. The molecule has 0 saturated heterocycles. The van der Waals surface area contributed by atoms with Crippen LogP contribution in [0, 0.1) is 5.41 Å². The van der Waals surface area contributed by atoms with Crippen molar-refractivity contribution in [1.29, 1.82) is 0 Å². The van der Waals surface area contributed by atoms with Crippen molar-refractivity contribution in [3.8, 4) is 0 Å². The van der Waals surface area contributed by atoms with E-state index in [1.807, 2.05) is 0 Å². The van der Waals surface area contributed by atoms with Gasteiger partial charge in [-0.2, -0.15) is 0 Å². The van der Waals surface area contributed by atoms with E-state index in [1.54, 1.807) is 6.92 Å². The topological polar surface area (TPSA) is 66.5 Å². The SMILES string of the molecule is CN(C)S(=O)(=O)c1ccc(NC(=O)C2(C)CC2(Cl)Cl)cc1. The average molecular weight is 351 g/mol. The second-order valence-electron chi connectivity index (χ2n) is 5.48. The number of halogens is 2. The van der Waals surface area contributed by atoms with Crippen LogP contribution in [0.5, 0.6) is 0 Å². The largest absolute Gasteiger partial charge is 0.326 e. The summed E-state index contributed by atoms with van der Waals surface area (Å²) in [5.41, 5.74) is -0.320. The lowest BCUT2D eigenvalue weighted by Crippen LogP contribution is -2.26. The predicted molar refractivity (Wildman–Crippen MR) is 83.1 cm³/mol. The van der Waals surface area contributed by atoms with Crippen LogP contribution in [0.15, 0.2) is 29.2 Å². The van der Waals surface area contributed by atoms with Crippen LogP contribution in [0.1, 0.15) is 13.3 Å². The van der Waals surface area contributed by atoms with Crippen LogP contribution in [-0.2, 0) is 14.8 Å². The molecule has 1 fully saturated rings. The molecule has 0 aliphatic heterocycles. The van der Waals surface area contributed by atoms with Gasteiger partial charge in [-0.15, -0.1) is 23.2 Å². The summed E-state index contributed by atoms with van der Waals surface area (Å²) in [5, 5.41) is 2.69. The van der Waals surface area contributed by atoms with Crippen molar-refractivity contribution in [2.24, 2.45) is 5.41 Å². The van der Waals surface area contributed by atoms with Crippen molar-refractivity contribution < 1.29 is 13.2 Å². The number of carbonyl (C=O) groups is 1. The van der Waals surface area contributed by atoms with E-state index in [4.69, 9.17) is 23.2 Å². The number of sulfonamides is 1. The first-order valence-corrected chi connectivity index (χ1v) is 8.42. The molecule has 1 N–H and O–H groups in total. The fourth-order valence-corrected chi connectivity index (χ4v) is 3.44. The fourth-order valence-electron chi connectivity index (χ4n) is 1.84. The van der Waals surface area contributed by atoms with Gasteiger partial charge in [-0.25, -0.2) is 12.7 Å². The van der Waals surface area contributed by atoms with Crippen LogP contribution in [0.4, 0.5) is 5.69 Å². The third kappa shape index (κ3) is 2.90. The van der Waals surface area contributed by atoms with E-state index in [0.29, 0.717) is 12.1 Å². The molecule has 1 aliphatic rings. The first kappa shape index (κ1) is 16.5. The normalized spacial score (nSPS) is 23.9. The molecule has 1 saturated carbocycles. The number of benzene rings is 1. The highest BCUT2D eigenvalue weighted by molar-refractivity contribution is 7.89. The van der Waals surface area contributed by atoms with E-state index in [9.17, 15) is 13.2 Å². The Morgan fingerprint density at radius 1 is 1.24 bits per heavy atom. The van der Waals surface area contributed by atoms with Gasteiger partial charge in [0.1, 0.15) is 4.33 Å². The molecule has 1 atom stereocenters. The van der Waals surface area contributed by atoms with Crippen LogP contribution in [0.25, 0.3) is 0 Å². The van der Waals surface area contributed by atoms with Gasteiger partial charge in [-0.1, -0.05) is 0 Å². The summed E-state index contributed by atoms with van der Waals surface area (Å²) in [7, 11) is -0.563. The fraction of sp³-hybridized carbons (Fsp3) is 0.462. The van der Waals surface area contributed by atoms with E-state index in [0.717, 1.165) is 4.31 Å². The summed E-state index contributed by atoms with van der Waals surface area (Å²) < 4.78 is 23.9. The number of hydrogen-bond acceptors (Lipinski definition) is 3. The second kappa shape index (κ2) is 5.12. The average Bonchev–Trinajstić information content (AvgIpc) is 2.90. The minimum atomic E-state index is -3.48. The van der Waals surface area contributed by atoms with Gasteiger partial charge in [0.05, 0.1) is 10.3 Å². The molecule has 0 aromatic heterocycles. The molecule has 5 nitrogen and oxygen atoms in total. The van der Waals surface area contributed by atoms with Crippen molar-refractivity contribution in [1.82, 2.24) is 4.31 Å². The number of alkyl halides is 2. The van der Waals surface area contributed by atoms with Crippen molar-refractivity contribution in [3.63, 3.8) is 0 Å². The van der Waals surface area contributed by atoms with E-state index in [1.165, 1.54) is 38.4 Å². The van der Waals surface area contributed by atoms with Gasteiger partial charge in [0.2, 0.25) is 15.9 Å². The smallest absolute Gasteiger partial charge is 0.242 e. The van der Waals surface area contributed by atoms with Gasteiger partial charge in [0.15, 0.2) is 0 Å². The molecule has 0 bridgehead atoms. The molecule has 116 valence electrons. The number of hydrogen-bond donors (Lipinski definition) is 1. The molecular weight excluding hydrogens is 335 g/mol. The molecule has 1 unspecified atom stereocenters. The van der Waals surface area contributed by atoms with Gasteiger partial charge in [-0.05, 0) is 37.6 Å². The van der Waals surface area contributed by atoms with Crippen molar-refractivity contribution >= 4 is 44.8 Å². The Hall–Kier alpha value is -0.820. The summed E-state index contributed by atoms with van der Waals surface area (Å²) in [4.78, 5) is 12.3. The number of amides is 1. The third-order valence-electron chi connectivity index (χ3n) is 3.65. The minimum Gasteiger partial charge on any atom is -0.326 e. The number of rotatable bonds is 4. The molecule has 0 heterocycles. The number of nitrogens with zero attached hydrogens (tertiary/aromatic N) is 1. The Kier molecular flexibility index (Phi) is 4.04. The highest BCUT2D eigenvalue weighted by Crippen LogP contribution is 2.64. The summed E-state index contributed by atoms with van der Waals surface area (Å²) in [6, 6.07) is 5.94. The number of carbonyl (C=O) groups excluding carboxylic acids is 1. The molecule has 0 radical (unpaired) electrons. The summed E-state index contributed by atoms with van der Waals surface area (Å²) >= 11 is 11.9. The van der Waals surface area contributed by atoms with Gasteiger partial charge in [-0.3, -0.25) is 4.79 Å². The number of nitrogens with one attached hydrogen (secondary N) is 1. The van der Waals surface area contributed by atoms with Gasteiger partial charge < -0.3 is 5.32 Å². The third-order valence-corrected chi connectivity index (χ3v) is 6.58. The van der Waals surface area contributed by atoms with Gasteiger partial charge in [0.25, 0.3) is 0 Å². The second-order valence-corrected chi connectivity index (χ2v) is 9.12. The highest BCUT2D eigenvalue weighted by atomic mass is 35.5. The molecule has 2 rings (SSSR count). The standard InChI is InChI=1S/C13H16Cl2N2O3S/c1-12(8-13(12,14)15)11(18)16-9-4-6-10(7-5-9)21(19,20)17(2)3/h4-7H,8H2,1-3H3,(H,16,18). The molecule has 1 amide bonds. The number of anilines is 1. The highest BCUT2D eigenvalue weighted by Gasteiger charge is 2.67. The van der Waals surface area contributed by atoms with Gasteiger partial charge >= 0.3 is 0 Å². The Balaban J connectivity index is 2.13. The van der Waals surface area contributed by atoms with E-state index >= 15 is 0 Å².